The van der Waals surface area contributed by atoms with Crippen molar-refractivity contribution in [2.75, 3.05) is 0 Å². The van der Waals surface area contributed by atoms with Gasteiger partial charge in [0, 0.05) is 17.6 Å². The highest BCUT2D eigenvalue weighted by atomic mass is 16.4. The molecule has 0 radical (unpaired) electrons. The molecule has 2 aromatic rings. The first-order valence-corrected chi connectivity index (χ1v) is 8.61. The van der Waals surface area contributed by atoms with E-state index >= 15 is 0 Å². The molecule has 126 valence electrons. The topological polar surface area (TPSA) is 42.2 Å². The Bertz CT molecular complexity index is 732. The third kappa shape index (κ3) is 3.15. The molecule has 1 N–H and O–H groups in total. The van der Waals surface area contributed by atoms with Crippen LogP contribution in [-0.2, 0) is 18.4 Å². The van der Waals surface area contributed by atoms with Gasteiger partial charge in [-0.05, 0) is 48.4 Å². The highest BCUT2D eigenvalue weighted by Gasteiger charge is 2.25. The van der Waals surface area contributed by atoms with Gasteiger partial charge in [-0.25, -0.2) is 4.79 Å². The molecule has 0 amide bonds. The number of aromatic carboxylic acids is 1. The minimum absolute atomic E-state index is 0.0938. The van der Waals surface area contributed by atoms with Gasteiger partial charge < -0.3 is 9.67 Å². The summed E-state index contributed by atoms with van der Waals surface area (Å²) in [6.07, 6.45) is 3.21. The second kappa shape index (κ2) is 6.38. The molecule has 1 heterocycles. The Balaban J connectivity index is 2.91. The lowest BCUT2D eigenvalue weighted by Gasteiger charge is -2.23. The van der Waals surface area contributed by atoms with E-state index in [4.69, 9.17) is 0 Å². The van der Waals surface area contributed by atoms with Crippen LogP contribution in [-0.4, -0.2) is 15.6 Å². The minimum atomic E-state index is -0.849. The Morgan fingerprint density at radius 2 is 1.87 bits per heavy atom. The molecule has 0 spiro atoms. The normalized spacial score (nSPS) is 12.1. The maximum atomic E-state index is 11.6. The van der Waals surface area contributed by atoms with E-state index in [1.807, 2.05) is 12.1 Å². The van der Waals surface area contributed by atoms with Gasteiger partial charge >= 0.3 is 5.97 Å². The van der Waals surface area contributed by atoms with Crippen molar-refractivity contribution in [3.63, 3.8) is 0 Å². The fraction of sp³-hybridized carbons (Fsp3) is 0.550. The molecule has 1 aromatic heterocycles. The first kappa shape index (κ1) is 17.6. The van der Waals surface area contributed by atoms with Crippen LogP contribution in [0.4, 0.5) is 0 Å². The lowest BCUT2D eigenvalue weighted by Crippen LogP contribution is -2.15. The Morgan fingerprint density at radius 3 is 2.35 bits per heavy atom. The number of nitrogens with zero attached hydrogens (tertiary/aromatic N) is 1. The number of benzene rings is 1. The van der Waals surface area contributed by atoms with Crippen molar-refractivity contribution in [1.29, 1.82) is 0 Å². The summed E-state index contributed by atoms with van der Waals surface area (Å²) in [5, 5.41) is 10.6. The highest BCUT2D eigenvalue weighted by Crippen LogP contribution is 2.36. The third-order valence-electron chi connectivity index (χ3n) is 4.69. The van der Waals surface area contributed by atoms with Crippen LogP contribution in [0.1, 0.15) is 74.6 Å². The monoisotopic (exact) mass is 315 g/mol. The van der Waals surface area contributed by atoms with E-state index in [0.717, 1.165) is 36.8 Å². The van der Waals surface area contributed by atoms with Gasteiger partial charge in [0.15, 0.2) is 0 Å². The first-order valence-electron chi connectivity index (χ1n) is 8.61. The van der Waals surface area contributed by atoms with Gasteiger partial charge in [0.05, 0.1) is 11.1 Å². The van der Waals surface area contributed by atoms with Crippen molar-refractivity contribution in [1.82, 2.24) is 4.57 Å². The number of carbonyl (C=O) groups is 1. The highest BCUT2D eigenvalue weighted by molar-refractivity contribution is 5.97. The maximum absolute atomic E-state index is 11.6. The second-order valence-electron chi connectivity index (χ2n) is 7.40. The van der Waals surface area contributed by atoms with E-state index in [-0.39, 0.29) is 5.41 Å². The molecule has 0 aliphatic heterocycles. The molecule has 0 saturated heterocycles. The molecule has 0 saturated carbocycles. The van der Waals surface area contributed by atoms with Gasteiger partial charge in [-0.1, -0.05) is 41.0 Å². The second-order valence-corrected chi connectivity index (χ2v) is 7.40. The average molecular weight is 315 g/mol. The summed E-state index contributed by atoms with van der Waals surface area (Å²) in [6, 6.07) is 3.73. The summed E-state index contributed by atoms with van der Waals surface area (Å²) in [7, 11) is 0. The quantitative estimate of drug-likeness (QED) is 0.812. The number of aryl methyl sites for hydroxylation is 2. The van der Waals surface area contributed by atoms with Crippen molar-refractivity contribution in [2.24, 2.45) is 0 Å². The summed E-state index contributed by atoms with van der Waals surface area (Å²) in [6.45, 7) is 14.0. The van der Waals surface area contributed by atoms with Crippen molar-refractivity contribution in [2.45, 2.75) is 72.8 Å². The molecule has 0 unspecified atom stereocenters. The van der Waals surface area contributed by atoms with Crippen molar-refractivity contribution in [3.05, 3.63) is 34.5 Å². The molecule has 3 nitrogen and oxygen atoms in total. The number of rotatable bonds is 5. The zero-order valence-corrected chi connectivity index (χ0v) is 15.3. The molecular formula is C20H29NO2. The molecule has 0 fully saturated rings. The van der Waals surface area contributed by atoms with Gasteiger partial charge in [0.2, 0.25) is 0 Å². The van der Waals surface area contributed by atoms with E-state index in [1.54, 1.807) is 0 Å². The smallest absolute Gasteiger partial charge is 0.335 e. The Morgan fingerprint density at radius 1 is 1.22 bits per heavy atom. The van der Waals surface area contributed by atoms with Gasteiger partial charge in [-0.3, -0.25) is 0 Å². The lowest BCUT2D eigenvalue weighted by molar-refractivity contribution is 0.0697. The average Bonchev–Trinajstić information content (AvgIpc) is 2.74. The van der Waals surface area contributed by atoms with Crippen LogP contribution in [0.3, 0.4) is 0 Å². The Labute approximate surface area is 139 Å². The van der Waals surface area contributed by atoms with Crippen LogP contribution in [0, 0.1) is 6.92 Å². The van der Waals surface area contributed by atoms with E-state index < -0.39 is 5.97 Å². The van der Waals surface area contributed by atoms with Crippen LogP contribution in [0.2, 0.25) is 0 Å². The van der Waals surface area contributed by atoms with Crippen LogP contribution in [0.5, 0.6) is 0 Å². The van der Waals surface area contributed by atoms with Gasteiger partial charge in [-0.2, -0.15) is 0 Å². The first-order chi connectivity index (χ1) is 10.7. The van der Waals surface area contributed by atoms with Crippen molar-refractivity contribution < 1.29 is 9.90 Å². The number of aromatic nitrogens is 1. The van der Waals surface area contributed by atoms with E-state index in [2.05, 4.69) is 46.1 Å². The number of hydrogen-bond acceptors (Lipinski definition) is 1. The molecule has 3 heteroatoms. The summed E-state index contributed by atoms with van der Waals surface area (Å²) in [5.74, 6) is -0.849. The van der Waals surface area contributed by atoms with Gasteiger partial charge in [0.25, 0.3) is 0 Å². The molecule has 23 heavy (non-hydrogen) atoms. The minimum Gasteiger partial charge on any atom is -0.478 e. The SMILES string of the molecule is CCCCn1c(C)c(CC)c2cc(C(=O)O)cc(C(C)(C)C)c21. The Hall–Kier alpha value is -1.77. The van der Waals surface area contributed by atoms with Crippen LogP contribution in [0.15, 0.2) is 12.1 Å². The molecule has 0 aliphatic carbocycles. The van der Waals surface area contributed by atoms with Crippen molar-refractivity contribution in [3.8, 4) is 0 Å². The number of carboxylic acid groups (broad SMARTS) is 1. The largest absolute Gasteiger partial charge is 0.478 e. The predicted octanol–water partition coefficient (Wildman–Crippen LogP) is 5.31. The van der Waals surface area contributed by atoms with Crippen LogP contribution >= 0.6 is 0 Å². The van der Waals surface area contributed by atoms with Crippen LogP contribution in [0.25, 0.3) is 10.9 Å². The number of fused-ring (bicyclic) bond motifs is 1. The summed E-state index contributed by atoms with van der Waals surface area (Å²) in [4.78, 5) is 11.6. The fourth-order valence-corrected chi connectivity index (χ4v) is 3.42. The molecule has 2 rings (SSSR count). The number of hydrogen-bond donors (Lipinski definition) is 1. The van der Waals surface area contributed by atoms with E-state index in [9.17, 15) is 9.90 Å². The molecule has 0 atom stereocenters. The van der Waals surface area contributed by atoms with Crippen molar-refractivity contribution >= 4 is 16.9 Å². The van der Waals surface area contributed by atoms with Gasteiger partial charge in [-0.15, -0.1) is 0 Å². The van der Waals surface area contributed by atoms with Crippen LogP contribution < -0.4 is 0 Å². The Kier molecular flexibility index (Phi) is 4.88. The number of unbranched alkanes of at least 4 members (excludes halogenated alkanes) is 1. The number of carboxylic acids is 1. The zero-order chi connectivity index (χ0) is 17.4. The molecular weight excluding hydrogens is 286 g/mol. The molecule has 0 bridgehead atoms. The fourth-order valence-electron chi connectivity index (χ4n) is 3.42. The molecule has 0 aliphatic rings. The summed E-state index contributed by atoms with van der Waals surface area (Å²) in [5.41, 5.74) is 5.22. The lowest BCUT2D eigenvalue weighted by atomic mass is 9.84. The predicted molar refractivity (Wildman–Crippen MR) is 96.6 cm³/mol. The third-order valence-corrected chi connectivity index (χ3v) is 4.69. The summed E-state index contributed by atoms with van der Waals surface area (Å²) >= 11 is 0. The van der Waals surface area contributed by atoms with E-state index in [1.165, 1.54) is 16.8 Å². The molecule has 1 aromatic carbocycles. The zero-order valence-electron chi connectivity index (χ0n) is 15.3. The maximum Gasteiger partial charge on any atom is 0.335 e. The van der Waals surface area contributed by atoms with Gasteiger partial charge in [0.1, 0.15) is 0 Å². The standard InChI is InChI=1S/C20H29NO2/c1-7-9-10-21-13(3)15(8-2)16-11-14(19(22)23)12-17(18(16)21)20(4,5)6/h11-12H,7-10H2,1-6H3,(H,22,23). The van der Waals surface area contributed by atoms with E-state index in [0.29, 0.717) is 5.56 Å². The summed E-state index contributed by atoms with van der Waals surface area (Å²) < 4.78 is 2.41.